The number of aliphatic imine (C=N–C) groups is 1. The molecule has 0 bridgehead atoms. The van der Waals surface area contributed by atoms with E-state index in [9.17, 15) is 4.79 Å². The molecule has 5 heteroatoms. The third-order valence-corrected chi connectivity index (χ3v) is 5.21. The van der Waals surface area contributed by atoms with E-state index < -0.39 is 6.04 Å². The van der Waals surface area contributed by atoms with Crippen molar-refractivity contribution in [2.75, 3.05) is 6.61 Å². The van der Waals surface area contributed by atoms with Crippen LogP contribution in [0.5, 0.6) is 0 Å². The van der Waals surface area contributed by atoms with E-state index in [0.717, 1.165) is 33.5 Å². The van der Waals surface area contributed by atoms with E-state index in [1.807, 2.05) is 91.9 Å². The van der Waals surface area contributed by atoms with Crippen LogP contribution in [0.2, 0.25) is 0 Å². The Morgan fingerprint density at radius 3 is 1.94 bits per heavy atom. The minimum Gasteiger partial charge on any atom is -0.464 e. The fourth-order valence-corrected chi connectivity index (χ4v) is 3.59. The summed E-state index contributed by atoms with van der Waals surface area (Å²) < 4.78 is 5.38. The van der Waals surface area contributed by atoms with Gasteiger partial charge in [0, 0.05) is 35.5 Å². The van der Waals surface area contributed by atoms with Crippen molar-refractivity contribution in [3.63, 3.8) is 0 Å². The van der Waals surface area contributed by atoms with Gasteiger partial charge in [0.2, 0.25) is 0 Å². The molecule has 4 rings (SSSR count). The molecule has 0 N–H and O–H groups in total. The number of rotatable bonds is 8. The molecule has 0 fully saturated rings. The zero-order chi connectivity index (χ0) is 22.9. The molecule has 3 aromatic carbocycles. The van der Waals surface area contributed by atoms with E-state index >= 15 is 0 Å². The molecule has 0 radical (unpaired) electrons. The second-order valence-electron chi connectivity index (χ2n) is 7.51. The minimum atomic E-state index is -0.661. The van der Waals surface area contributed by atoms with Gasteiger partial charge in [-0.15, -0.1) is 0 Å². The van der Waals surface area contributed by atoms with Crippen LogP contribution in [0, 0.1) is 0 Å². The number of nitrogens with zero attached hydrogens (tertiary/aromatic N) is 3. The van der Waals surface area contributed by atoms with Crippen LogP contribution in [-0.4, -0.2) is 34.3 Å². The number of carbonyl (C=O) groups is 1. The highest BCUT2D eigenvalue weighted by Crippen LogP contribution is 2.20. The Bertz CT molecular complexity index is 1150. The Kier molecular flexibility index (Phi) is 7.33. The van der Waals surface area contributed by atoms with Crippen LogP contribution < -0.4 is 0 Å². The molecule has 0 saturated heterocycles. The molecule has 0 saturated carbocycles. The van der Waals surface area contributed by atoms with Crippen LogP contribution in [0.3, 0.4) is 0 Å². The summed E-state index contributed by atoms with van der Waals surface area (Å²) in [6.07, 6.45) is 5.50. The van der Waals surface area contributed by atoms with E-state index in [0.29, 0.717) is 13.0 Å². The normalized spacial score (nSPS) is 11.4. The average molecular weight is 436 g/mol. The monoisotopic (exact) mass is 435 g/mol. The van der Waals surface area contributed by atoms with E-state index in [1.165, 1.54) is 6.33 Å². The molecule has 0 spiro atoms. The zero-order valence-corrected chi connectivity index (χ0v) is 18.5. The average Bonchev–Trinajstić information content (AvgIpc) is 2.88. The van der Waals surface area contributed by atoms with Gasteiger partial charge in [0.1, 0.15) is 6.33 Å². The van der Waals surface area contributed by atoms with Gasteiger partial charge in [-0.05, 0) is 18.1 Å². The van der Waals surface area contributed by atoms with Gasteiger partial charge in [0.25, 0.3) is 0 Å². The van der Waals surface area contributed by atoms with Gasteiger partial charge in [0.05, 0.1) is 12.3 Å². The van der Waals surface area contributed by atoms with E-state index in [-0.39, 0.29) is 5.97 Å². The Hall–Kier alpha value is -4.12. The van der Waals surface area contributed by atoms with Crippen molar-refractivity contribution >= 4 is 11.7 Å². The fourth-order valence-electron chi connectivity index (χ4n) is 3.59. The first-order valence-electron chi connectivity index (χ1n) is 10.9. The zero-order valence-electron chi connectivity index (χ0n) is 18.5. The maximum Gasteiger partial charge on any atom is 0.331 e. The first-order valence-corrected chi connectivity index (χ1v) is 10.9. The highest BCUT2D eigenvalue weighted by atomic mass is 16.5. The van der Waals surface area contributed by atoms with Crippen LogP contribution in [0.1, 0.15) is 23.6 Å². The summed E-state index contributed by atoms with van der Waals surface area (Å²) in [5.74, 6) is -0.331. The van der Waals surface area contributed by atoms with Gasteiger partial charge in [-0.3, -0.25) is 4.99 Å². The van der Waals surface area contributed by atoms with Crippen molar-refractivity contribution < 1.29 is 9.53 Å². The molecule has 1 heterocycles. The van der Waals surface area contributed by atoms with Crippen molar-refractivity contribution in [2.24, 2.45) is 4.99 Å². The Balaban J connectivity index is 1.67. The first-order chi connectivity index (χ1) is 16.2. The van der Waals surface area contributed by atoms with E-state index in [2.05, 4.69) is 9.97 Å². The van der Waals surface area contributed by atoms with Crippen molar-refractivity contribution in [2.45, 2.75) is 19.4 Å². The Morgan fingerprint density at radius 2 is 1.39 bits per heavy atom. The lowest BCUT2D eigenvalue weighted by Crippen LogP contribution is -2.26. The predicted molar refractivity (Wildman–Crippen MR) is 130 cm³/mol. The summed E-state index contributed by atoms with van der Waals surface area (Å²) in [7, 11) is 0. The summed E-state index contributed by atoms with van der Waals surface area (Å²) in [6, 6.07) is 27.2. The van der Waals surface area contributed by atoms with Crippen LogP contribution in [0.4, 0.5) is 0 Å². The molecule has 0 aliphatic carbocycles. The van der Waals surface area contributed by atoms with Gasteiger partial charge >= 0.3 is 5.97 Å². The number of carbonyl (C=O) groups excluding carboxylic acids is 1. The van der Waals surface area contributed by atoms with Crippen molar-refractivity contribution in [3.05, 3.63) is 120 Å². The number of ether oxygens (including phenoxy) is 1. The third kappa shape index (κ3) is 5.77. The van der Waals surface area contributed by atoms with Crippen LogP contribution >= 0.6 is 0 Å². The molecular formula is C28H25N3O2. The summed E-state index contributed by atoms with van der Waals surface area (Å²) in [5, 5.41) is 0. The Labute approximate surface area is 193 Å². The van der Waals surface area contributed by atoms with Gasteiger partial charge in [-0.25, -0.2) is 14.8 Å². The molecular weight excluding hydrogens is 410 g/mol. The lowest BCUT2D eigenvalue weighted by atomic mass is 9.99. The largest absolute Gasteiger partial charge is 0.464 e. The summed E-state index contributed by atoms with van der Waals surface area (Å²) in [4.78, 5) is 26.0. The van der Waals surface area contributed by atoms with E-state index in [4.69, 9.17) is 9.73 Å². The molecule has 1 atom stereocenters. The topological polar surface area (TPSA) is 64.4 Å². The maximum atomic E-state index is 12.9. The van der Waals surface area contributed by atoms with E-state index in [1.54, 1.807) is 12.4 Å². The van der Waals surface area contributed by atoms with Crippen LogP contribution in [0.15, 0.2) is 109 Å². The number of hydrogen-bond donors (Lipinski definition) is 0. The first kappa shape index (κ1) is 22.1. The number of hydrogen-bond acceptors (Lipinski definition) is 5. The lowest BCUT2D eigenvalue weighted by Gasteiger charge is -2.16. The standard InChI is InChI=1S/C28H25N3O2/c1-2-33-28(32)26(17-21-13-15-22(16-14-21)25-18-29-20-30-19-25)31-27(23-9-5-3-6-10-23)24-11-7-4-8-12-24/h3-16,18-20,26H,2,17H2,1H3/t26-/m0/s1. The number of aromatic nitrogens is 2. The molecule has 1 aromatic heterocycles. The fraction of sp³-hybridized carbons (Fsp3) is 0.143. The number of benzene rings is 3. The highest BCUT2D eigenvalue weighted by molar-refractivity contribution is 6.13. The molecule has 4 aromatic rings. The highest BCUT2D eigenvalue weighted by Gasteiger charge is 2.21. The summed E-state index contributed by atoms with van der Waals surface area (Å²) >= 11 is 0. The molecule has 0 amide bonds. The van der Waals surface area contributed by atoms with Gasteiger partial charge < -0.3 is 4.74 Å². The SMILES string of the molecule is CCOC(=O)[C@H](Cc1ccc(-c2cncnc2)cc1)N=C(c1ccccc1)c1ccccc1. The van der Waals surface area contributed by atoms with Crippen molar-refractivity contribution in [1.29, 1.82) is 0 Å². The molecule has 164 valence electrons. The quantitative estimate of drug-likeness (QED) is 0.283. The molecule has 5 nitrogen and oxygen atoms in total. The molecule has 33 heavy (non-hydrogen) atoms. The summed E-state index contributed by atoms with van der Waals surface area (Å²) in [5.41, 5.74) is 5.64. The molecule has 0 unspecified atom stereocenters. The van der Waals surface area contributed by atoms with Crippen molar-refractivity contribution in [1.82, 2.24) is 9.97 Å². The second-order valence-corrected chi connectivity index (χ2v) is 7.51. The van der Waals surface area contributed by atoms with Gasteiger partial charge in [0.15, 0.2) is 6.04 Å². The van der Waals surface area contributed by atoms with Gasteiger partial charge in [-0.2, -0.15) is 0 Å². The Morgan fingerprint density at radius 1 is 0.818 bits per heavy atom. The van der Waals surface area contributed by atoms with Crippen molar-refractivity contribution in [3.8, 4) is 11.1 Å². The smallest absolute Gasteiger partial charge is 0.331 e. The maximum absolute atomic E-state index is 12.9. The third-order valence-electron chi connectivity index (χ3n) is 5.21. The van der Waals surface area contributed by atoms with Crippen LogP contribution in [-0.2, 0) is 16.0 Å². The number of esters is 1. The molecule has 0 aliphatic heterocycles. The minimum absolute atomic E-state index is 0.309. The summed E-state index contributed by atoms with van der Waals surface area (Å²) in [6.45, 7) is 2.12. The predicted octanol–water partition coefficient (Wildman–Crippen LogP) is 5.16. The van der Waals surface area contributed by atoms with Crippen LogP contribution in [0.25, 0.3) is 11.1 Å². The molecule has 0 aliphatic rings. The second kappa shape index (κ2) is 11.0. The van der Waals surface area contributed by atoms with Gasteiger partial charge in [-0.1, -0.05) is 84.9 Å². The lowest BCUT2D eigenvalue weighted by molar-refractivity contribution is -0.144.